The first kappa shape index (κ1) is 27.7. The van der Waals surface area contributed by atoms with Gasteiger partial charge in [0, 0.05) is 28.2 Å². The Labute approximate surface area is 223 Å². The number of sulfonamides is 1. The SMILES string of the molecule is CC(=O)NS(=O)(=O)c1ccc(NC(=O)COc2ccc(Cl)cc2C(=O)c2cc(Cl)cc(C#N)c2)c(C)c1. The van der Waals surface area contributed by atoms with Crippen molar-refractivity contribution in [1.82, 2.24) is 4.72 Å². The van der Waals surface area contributed by atoms with E-state index in [9.17, 15) is 22.8 Å². The highest BCUT2D eigenvalue weighted by molar-refractivity contribution is 7.90. The number of amides is 2. The maximum absolute atomic E-state index is 13.1. The largest absolute Gasteiger partial charge is 0.483 e. The van der Waals surface area contributed by atoms with Gasteiger partial charge in [0.05, 0.1) is 22.1 Å². The second kappa shape index (κ2) is 11.4. The molecule has 0 radical (unpaired) electrons. The van der Waals surface area contributed by atoms with Gasteiger partial charge < -0.3 is 10.1 Å². The molecule has 0 spiro atoms. The molecule has 0 atom stereocenters. The van der Waals surface area contributed by atoms with E-state index in [1.165, 1.54) is 54.6 Å². The summed E-state index contributed by atoms with van der Waals surface area (Å²) in [4.78, 5) is 36.6. The fourth-order valence-electron chi connectivity index (χ4n) is 3.27. The Morgan fingerprint density at radius 1 is 1.00 bits per heavy atom. The molecule has 37 heavy (non-hydrogen) atoms. The third-order valence-corrected chi connectivity index (χ3v) is 6.78. The van der Waals surface area contributed by atoms with Crippen molar-refractivity contribution in [2.45, 2.75) is 18.7 Å². The monoisotopic (exact) mass is 559 g/mol. The summed E-state index contributed by atoms with van der Waals surface area (Å²) in [5, 5.41) is 12.2. The highest BCUT2D eigenvalue weighted by Gasteiger charge is 2.19. The number of anilines is 1. The van der Waals surface area contributed by atoms with E-state index < -0.39 is 34.2 Å². The zero-order valence-electron chi connectivity index (χ0n) is 19.5. The van der Waals surface area contributed by atoms with Crippen LogP contribution in [0.25, 0.3) is 0 Å². The van der Waals surface area contributed by atoms with E-state index in [0.29, 0.717) is 11.3 Å². The molecule has 190 valence electrons. The van der Waals surface area contributed by atoms with Crippen molar-refractivity contribution < 1.29 is 27.5 Å². The fourth-order valence-corrected chi connectivity index (χ4v) is 4.75. The molecule has 12 heteroatoms. The van der Waals surface area contributed by atoms with Gasteiger partial charge in [0.1, 0.15) is 5.75 Å². The standard InChI is InChI=1S/C25H19Cl2N3O6S/c1-14-7-20(37(34,35)30-15(2)31)4-5-22(14)29-24(32)13-36-23-6-3-18(26)11-21(23)25(33)17-8-16(12-28)9-19(27)10-17/h3-11H,13H2,1-2H3,(H,29,32)(H,30,31). The molecule has 0 unspecified atom stereocenters. The van der Waals surface area contributed by atoms with Crippen LogP contribution >= 0.6 is 23.2 Å². The molecule has 0 fully saturated rings. The highest BCUT2D eigenvalue weighted by Crippen LogP contribution is 2.27. The minimum Gasteiger partial charge on any atom is -0.483 e. The van der Waals surface area contributed by atoms with Crippen molar-refractivity contribution in [3.63, 3.8) is 0 Å². The van der Waals surface area contributed by atoms with Crippen LogP contribution in [0.2, 0.25) is 10.0 Å². The first-order chi connectivity index (χ1) is 17.4. The van der Waals surface area contributed by atoms with Crippen LogP contribution in [0.5, 0.6) is 5.75 Å². The lowest BCUT2D eigenvalue weighted by atomic mass is 10.0. The zero-order valence-corrected chi connectivity index (χ0v) is 21.8. The maximum atomic E-state index is 13.1. The van der Waals surface area contributed by atoms with Gasteiger partial charge in [-0.05, 0) is 67.1 Å². The molecule has 0 bridgehead atoms. The first-order valence-electron chi connectivity index (χ1n) is 10.5. The van der Waals surface area contributed by atoms with Gasteiger partial charge in [0.15, 0.2) is 12.4 Å². The number of benzene rings is 3. The molecule has 0 aliphatic heterocycles. The molecule has 3 aromatic rings. The van der Waals surface area contributed by atoms with Crippen molar-refractivity contribution in [3.8, 4) is 11.8 Å². The van der Waals surface area contributed by atoms with Crippen LogP contribution in [-0.2, 0) is 19.6 Å². The molecule has 0 saturated carbocycles. The molecule has 0 aliphatic rings. The number of halogens is 2. The number of nitrogens with zero attached hydrogens (tertiary/aromatic N) is 1. The van der Waals surface area contributed by atoms with E-state index in [0.717, 1.165) is 6.92 Å². The van der Waals surface area contributed by atoms with Crippen LogP contribution < -0.4 is 14.8 Å². The van der Waals surface area contributed by atoms with Gasteiger partial charge in [-0.15, -0.1) is 0 Å². The van der Waals surface area contributed by atoms with Gasteiger partial charge in [-0.1, -0.05) is 23.2 Å². The molecule has 9 nitrogen and oxygen atoms in total. The lowest BCUT2D eigenvalue weighted by Crippen LogP contribution is -2.28. The molecule has 3 rings (SSSR count). The maximum Gasteiger partial charge on any atom is 0.264 e. The number of hydrogen-bond donors (Lipinski definition) is 2. The number of nitrogens with one attached hydrogen (secondary N) is 2. The van der Waals surface area contributed by atoms with Crippen molar-refractivity contribution in [2.24, 2.45) is 0 Å². The van der Waals surface area contributed by atoms with Crippen LogP contribution in [-0.4, -0.2) is 32.6 Å². The number of aryl methyl sites for hydroxylation is 1. The number of hydrogen-bond acceptors (Lipinski definition) is 7. The van der Waals surface area contributed by atoms with Crippen LogP contribution in [0.3, 0.4) is 0 Å². The van der Waals surface area contributed by atoms with Crippen LogP contribution in [0.15, 0.2) is 59.5 Å². The van der Waals surface area contributed by atoms with Gasteiger partial charge in [-0.25, -0.2) is 13.1 Å². The molecular weight excluding hydrogens is 541 g/mol. The quantitative estimate of drug-likeness (QED) is 0.392. The molecular formula is C25H19Cl2N3O6S. The Balaban J connectivity index is 1.76. The number of ketones is 1. The summed E-state index contributed by atoms with van der Waals surface area (Å²) in [5.74, 6) is -1.74. The predicted molar refractivity (Wildman–Crippen MR) is 137 cm³/mol. The van der Waals surface area contributed by atoms with Crippen molar-refractivity contribution in [3.05, 3.63) is 86.9 Å². The molecule has 0 heterocycles. The first-order valence-corrected chi connectivity index (χ1v) is 12.7. The summed E-state index contributed by atoms with van der Waals surface area (Å²) < 4.78 is 31.8. The van der Waals surface area contributed by atoms with E-state index >= 15 is 0 Å². The second-order valence-corrected chi connectivity index (χ2v) is 10.3. The summed E-state index contributed by atoms with van der Waals surface area (Å²) in [5.41, 5.74) is 1.16. The summed E-state index contributed by atoms with van der Waals surface area (Å²) in [7, 11) is -4.03. The minimum atomic E-state index is -4.03. The molecule has 3 aromatic carbocycles. The third kappa shape index (κ3) is 7.07. The van der Waals surface area contributed by atoms with Gasteiger partial charge in [0.25, 0.3) is 15.9 Å². The Hall–Kier alpha value is -3.91. The molecule has 0 aliphatic carbocycles. The normalized spacial score (nSPS) is 10.8. The fraction of sp³-hybridized carbons (Fsp3) is 0.120. The topological polar surface area (TPSA) is 142 Å². The van der Waals surface area contributed by atoms with Gasteiger partial charge in [-0.3, -0.25) is 14.4 Å². The van der Waals surface area contributed by atoms with Crippen molar-refractivity contribution >= 4 is 56.5 Å². The van der Waals surface area contributed by atoms with Gasteiger partial charge in [0.2, 0.25) is 5.91 Å². The summed E-state index contributed by atoms with van der Waals surface area (Å²) in [6.07, 6.45) is 0. The van der Waals surface area contributed by atoms with Crippen LogP contribution in [0, 0.1) is 18.3 Å². The summed E-state index contributed by atoms with van der Waals surface area (Å²) in [6, 6.07) is 14.4. The highest BCUT2D eigenvalue weighted by atomic mass is 35.5. The van der Waals surface area contributed by atoms with Crippen LogP contribution in [0.1, 0.15) is 34.0 Å². The average molecular weight is 560 g/mol. The van der Waals surface area contributed by atoms with Gasteiger partial charge >= 0.3 is 0 Å². The van der Waals surface area contributed by atoms with Crippen molar-refractivity contribution in [2.75, 3.05) is 11.9 Å². The van der Waals surface area contributed by atoms with E-state index in [2.05, 4.69) is 5.32 Å². The number of carbonyl (C=O) groups is 3. The smallest absolute Gasteiger partial charge is 0.264 e. The Morgan fingerprint density at radius 2 is 1.73 bits per heavy atom. The molecule has 0 aromatic heterocycles. The average Bonchev–Trinajstić information content (AvgIpc) is 2.82. The summed E-state index contributed by atoms with van der Waals surface area (Å²) in [6.45, 7) is 2.18. The van der Waals surface area contributed by atoms with E-state index in [-0.39, 0.29) is 37.4 Å². The van der Waals surface area contributed by atoms with E-state index in [4.69, 9.17) is 33.2 Å². The second-order valence-electron chi connectivity index (χ2n) is 7.79. The van der Waals surface area contributed by atoms with E-state index in [1.807, 2.05) is 10.8 Å². The molecule has 0 saturated heterocycles. The Bertz CT molecular complexity index is 1570. The lowest BCUT2D eigenvalue weighted by molar-refractivity contribution is -0.118. The number of carbonyl (C=O) groups excluding carboxylic acids is 3. The number of nitriles is 1. The van der Waals surface area contributed by atoms with Crippen LogP contribution in [0.4, 0.5) is 5.69 Å². The van der Waals surface area contributed by atoms with Gasteiger partial charge in [-0.2, -0.15) is 5.26 Å². The summed E-state index contributed by atoms with van der Waals surface area (Å²) >= 11 is 12.1. The van der Waals surface area contributed by atoms with E-state index in [1.54, 1.807) is 6.92 Å². The lowest BCUT2D eigenvalue weighted by Gasteiger charge is -2.13. The molecule has 2 N–H and O–H groups in total. The Kier molecular flexibility index (Phi) is 8.55. The third-order valence-electron chi connectivity index (χ3n) is 4.89. The zero-order chi connectivity index (χ0) is 27.3. The number of rotatable bonds is 8. The Morgan fingerprint density at radius 3 is 2.38 bits per heavy atom. The number of ether oxygens (including phenoxy) is 1. The molecule has 2 amide bonds. The predicted octanol–water partition coefficient (Wildman–Crippen LogP) is 4.25. The minimum absolute atomic E-state index is 0.0650. The van der Waals surface area contributed by atoms with Crippen molar-refractivity contribution in [1.29, 1.82) is 5.26 Å².